The van der Waals surface area contributed by atoms with E-state index in [-0.39, 0.29) is 30.2 Å². The number of hydrogen-bond acceptors (Lipinski definition) is 3. The molecule has 130 valence electrons. The van der Waals surface area contributed by atoms with Crippen molar-refractivity contribution in [3.05, 3.63) is 47.0 Å². The summed E-state index contributed by atoms with van der Waals surface area (Å²) in [4.78, 5) is 14.6. The molecule has 7 heteroatoms. The van der Waals surface area contributed by atoms with Gasteiger partial charge < -0.3 is 10.6 Å². The average Bonchev–Trinajstić information content (AvgIpc) is 2.82. The Labute approximate surface area is 147 Å². The Kier molecular flexibility index (Phi) is 5.62. The summed E-state index contributed by atoms with van der Waals surface area (Å²) >= 11 is 0. The van der Waals surface area contributed by atoms with Gasteiger partial charge in [0.15, 0.2) is 0 Å². The van der Waals surface area contributed by atoms with Gasteiger partial charge in [0.25, 0.3) is 5.91 Å². The number of aryl methyl sites for hydroxylation is 1. The number of aromatic nitrogens is 2. The van der Waals surface area contributed by atoms with Crippen LogP contribution in [0.2, 0.25) is 0 Å². The molecule has 1 fully saturated rings. The third-order valence-corrected chi connectivity index (χ3v) is 4.32. The summed E-state index contributed by atoms with van der Waals surface area (Å²) in [6.45, 7) is 5.00. The van der Waals surface area contributed by atoms with E-state index in [2.05, 4.69) is 5.10 Å². The first-order valence-corrected chi connectivity index (χ1v) is 7.84. The minimum atomic E-state index is -0.297. The molecule has 0 radical (unpaired) electrons. The van der Waals surface area contributed by atoms with E-state index in [0.717, 1.165) is 30.8 Å². The van der Waals surface area contributed by atoms with Gasteiger partial charge in [0.05, 0.1) is 22.6 Å². The lowest BCUT2D eigenvalue weighted by Crippen LogP contribution is -2.46. The first kappa shape index (κ1) is 18.4. The number of likely N-dealkylation sites (tertiary alicyclic amines) is 1. The van der Waals surface area contributed by atoms with Crippen molar-refractivity contribution in [1.29, 1.82) is 0 Å². The summed E-state index contributed by atoms with van der Waals surface area (Å²) in [7, 11) is 0. The van der Waals surface area contributed by atoms with Gasteiger partial charge >= 0.3 is 0 Å². The number of nitrogens with zero attached hydrogens (tertiary/aromatic N) is 3. The third-order valence-electron chi connectivity index (χ3n) is 4.32. The molecule has 3 rings (SSSR count). The fourth-order valence-corrected chi connectivity index (χ4v) is 3.14. The van der Waals surface area contributed by atoms with E-state index >= 15 is 0 Å². The van der Waals surface area contributed by atoms with Gasteiger partial charge in [-0.1, -0.05) is 0 Å². The topological polar surface area (TPSA) is 64.2 Å². The smallest absolute Gasteiger partial charge is 0.257 e. The van der Waals surface area contributed by atoms with Gasteiger partial charge in [0.2, 0.25) is 0 Å². The lowest BCUT2D eigenvalue weighted by molar-refractivity contribution is 0.0707. The van der Waals surface area contributed by atoms with Crippen molar-refractivity contribution in [3.8, 4) is 5.69 Å². The molecule has 1 aliphatic heterocycles. The van der Waals surface area contributed by atoms with Crippen LogP contribution >= 0.6 is 12.4 Å². The molecule has 1 aromatic carbocycles. The first-order chi connectivity index (χ1) is 11.0. The number of carbonyl (C=O) groups excluding carboxylic acids is 1. The number of nitrogens with two attached hydrogens (primary N) is 1. The highest BCUT2D eigenvalue weighted by atomic mass is 35.5. The minimum Gasteiger partial charge on any atom is -0.337 e. The molecule has 1 unspecified atom stereocenters. The Morgan fingerprint density at radius 1 is 1.29 bits per heavy atom. The fourth-order valence-electron chi connectivity index (χ4n) is 3.14. The highest BCUT2D eigenvalue weighted by molar-refractivity contribution is 5.96. The molecule has 1 saturated heterocycles. The summed E-state index contributed by atoms with van der Waals surface area (Å²) in [5.74, 6) is -0.322. The summed E-state index contributed by atoms with van der Waals surface area (Å²) in [6.07, 6.45) is 1.88. The third kappa shape index (κ3) is 3.44. The highest BCUT2D eigenvalue weighted by Gasteiger charge is 2.27. The maximum atomic E-state index is 13.1. The van der Waals surface area contributed by atoms with Gasteiger partial charge in [-0.05, 0) is 51.0 Å². The number of benzene rings is 1. The van der Waals surface area contributed by atoms with Crippen LogP contribution in [-0.2, 0) is 0 Å². The van der Waals surface area contributed by atoms with Gasteiger partial charge in [-0.25, -0.2) is 9.07 Å². The van der Waals surface area contributed by atoms with E-state index < -0.39 is 0 Å². The van der Waals surface area contributed by atoms with Crippen molar-refractivity contribution >= 4 is 18.3 Å². The molecule has 0 spiro atoms. The Bertz CT molecular complexity index is 729. The lowest BCUT2D eigenvalue weighted by Gasteiger charge is -2.30. The second-order valence-corrected chi connectivity index (χ2v) is 6.09. The van der Waals surface area contributed by atoms with Gasteiger partial charge in [-0.2, -0.15) is 5.10 Å². The van der Waals surface area contributed by atoms with Crippen LogP contribution in [0.15, 0.2) is 24.3 Å². The number of carbonyl (C=O) groups is 1. The number of rotatable bonds is 2. The van der Waals surface area contributed by atoms with Crippen LogP contribution in [0, 0.1) is 19.7 Å². The van der Waals surface area contributed by atoms with Gasteiger partial charge in [0, 0.05) is 19.1 Å². The molecule has 2 aromatic rings. The summed E-state index contributed by atoms with van der Waals surface area (Å²) in [5.41, 5.74) is 8.77. The standard InChI is InChI=1S/C17H21FN4O.ClH/c1-11-16(17(23)21-9-3-4-14(19)10-21)12(2)22(20-11)15-7-5-13(18)6-8-15;/h5-8,14H,3-4,9-10,19H2,1-2H3;1H. The Balaban J connectivity index is 0.00000208. The molecule has 24 heavy (non-hydrogen) atoms. The lowest BCUT2D eigenvalue weighted by atomic mass is 10.0. The normalized spacial score (nSPS) is 17.5. The summed E-state index contributed by atoms with van der Waals surface area (Å²) in [5, 5.41) is 4.46. The van der Waals surface area contributed by atoms with E-state index in [1.54, 1.807) is 21.7 Å². The van der Waals surface area contributed by atoms with Crippen molar-refractivity contribution in [2.45, 2.75) is 32.7 Å². The molecule has 1 amide bonds. The number of amides is 1. The zero-order valence-corrected chi connectivity index (χ0v) is 14.6. The second-order valence-electron chi connectivity index (χ2n) is 6.09. The predicted octanol–water partition coefficient (Wildman–Crippen LogP) is 2.61. The van der Waals surface area contributed by atoms with Crippen LogP contribution in [0.25, 0.3) is 5.69 Å². The van der Waals surface area contributed by atoms with Crippen molar-refractivity contribution in [3.63, 3.8) is 0 Å². The highest BCUT2D eigenvalue weighted by Crippen LogP contribution is 2.21. The molecule has 2 heterocycles. The van der Waals surface area contributed by atoms with Crippen molar-refractivity contribution < 1.29 is 9.18 Å². The SMILES string of the molecule is Cc1nn(-c2ccc(F)cc2)c(C)c1C(=O)N1CCCC(N)C1.Cl. The number of hydrogen-bond donors (Lipinski definition) is 1. The van der Waals surface area contributed by atoms with Gasteiger partial charge in [-0.15, -0.1) is 12.4 Å². The minimum absolute atomic E-state index is 0. The zero-order chi connectivity index (χ0) is 16.6. The van der Waals surface area contributed by atoms with Gasteiger partial charge in [-0.3, -0.25) is 4.79 Å². The molecule has 0 bridgehead atoms. The van der Waals surface area contributed by atoms with Crippen molar-refractivity contribution in [2.75, 3.05) is 13.1 Å². The maximum Gasteiger partial charge on any atom is 0.257 e. The quantitative estimate of drug-likeness (QED) is 0.903. The second kappa shape index (κ2) is 7.32. The molecule has 1 aliphatic rings. The van der Waals surface area contributed by atoms with E-state index in [9.17, 15) is 9.18 Å². The van der Waals surface area contributed by atoms with Crippen LogP contribution in [0.5, 0.6) is 0 Å². The predicted molar refractivity (Wildman–Crippen MR) is 93.4 cm³/mol. The van der Waals surface area contributed by atoms with Gasteiger partial charge in [0.1, 0.15) is 5.82 Å². The van der Waals surface area contributed by atoms with E-state index in [1.807, 2.05) is 13.8 Å². The molecular weight excluding hydrogens is 331 g/mol. The average molecular weight is 353 g/mol. The first-order valence-electron chi connectivity index (χ1n) is 7.84. The van der Waals surface area contributed by atoms with E-state index in [4.69, 9.17) is 5.73 Å². The Morgan fingerprint density at radius 3 is 2.58 bits per heavy atom. The zero-order valence-electron chi connectivity index (χ0n) is 13.8. The van der Waals surface area contributed by atoms with Crippen LogP contribution < -0.4 is 5.73 Å². The molecular formula is C17H22ClFN4O. The fraction of sp³-hybridized carbons (Fsp3) is 0.412. The Hall–Kier alpha value is -1.92. The Morgan fingerprint density at radius 2 is 1.96 bits per heavy atom. The van der Waals surface area contributed by atoms with E-state index in [0.29, 0.717) is 17.8 Å². The maximum absolute atomic E-state index is 13.1. The molecule has 0 saturated carbocycles. The molecule has 1 aromatic heterocycles. The molecule has 0 aliphatic carbocycles. The molecule has 2 N–H and O–H groups in total. The van der Waals surface area contributed by atoms with Crippen LogP contribution in [0.1, 0.15) is 34.6 Å². The molecule has 5 nitrogen and oxygen atoms in total. The van der Waals surface area contributed by atoms with Crippen molar-refractivity contribution in [1.82, 2.24) is 14.7 Å². The largest absolute Gasteiger partial charge is 0.337 e. The summed E-state index contributed by atoms with van der Waals surface area (Å²) in [6, 6.07) is 6.12. The van der Waals surface area contributed by atoms with E-state index in [1.165, 1.54) is 12.1 Å². The monoisotopic (exact) mass is 352 g/mol. The van der Waals surface area contributed by atoms with Crippen LogP contribution in [-0.4, -0.2) is 39.7 Å². The number of halogens is 2. The van der Waals surface area contributed by atoms with Crippen molar-refractivity contribution in [2.24, 2.45) is 5.73 Å². The van der Waals surface area contributed by atoms with Crippen LogP contribution in [0.4, 0.5) is 4.39 Å². The molecule has 1 atom stereocenters. The van der Waals surface area contributed by atoms with Crippen LogP contribution in [0.3, 0.4) is 0 Å². The summed E-state index contributed by atoms with van der Waals surface area (Å²) < 4.78 is 14.8. The number of piperidine rings is 1.